The number of pyridine rings is 1. The summed E-state index contributed by atoms with van der Waals surface area (Å²) in [4.78, 5) is 23.5. The number of amides is 1. The number of hydrogen-bond donors (Lipinski definition) is 2. The van der Waals surface area contributed by atoms with Crippen molar-refractivity contribution < 1.29 is 14.3 Å². The topological polar surface area (TPSA) is 98.3 Å². The maximum atomic E-state index is 11.1. The number of rotatable bonds is 5. The van der Waals surface area contributed by atoms with E-state index in [1.807, 2.05) is 6.92 Å². The molecule has 0 fully saturated rings. The Morgan fingerprint density at radius 3 is 2.55 bits per heavy atom. The van der Waals surface area contributed by atoms with Gasteiger partial charge in [0.05, 0.1) is 26.1 Å². The highest BCUT2D eigenvalue weighted by Gasteiger charge is 2.09. The van der Waals surface area contributed by atoms with Crippen LogP contribution < -0.4 is 20.1 Å². The standard InChI is InChI=1S/C14H17N5O3/c1-8-5-13(19-14(16-8)22-4)18-10-6-12(17-9(2)20)15-7-11(10)21-3/h5-7H,1-4H3,(H2,15,16,17,18,19,20). The number of carbonyl (C=O) groups excluding carboxylic acids is 1. The minimum Gasteiger partial charge on any atom is -0.493 e. The SMILES string of the molecule is COc1nc(C)cc(Nc2cc(NC(C)=O)ncc2OC)n1. The maximum Gasteiger partial charge on any atom is 0.318 e. The lowest BCUT2D eigenvalue weighted by Crippen LogP contribution is -2.08. The minimum atomic E-state index is -0.205. The van der Waals surface area contributed by atoms with Crippen LogP contribution in [0.5, 0.6) is 11.8 Å². The third-order valence-electron chi connectivity index (χ3n) is 2.67. The Kier molecular flexibility index (Phi) is 4.72. The smallest absolute Gasteiger partial charge is 0.318 e. The Balaban J connectivity index is 2.34. The lowest BCUT2D eigenvalue weighted by Gasteiger charge is -2.12. The zero-order chi connectivity index (χ0) is 16.1. The van der Waals surface area contributed by atoms with Gasteiger partial charge in [0.15, 0.2) is 5.75 Å². The zero-order valence-corrected chi connectivity index (χ0v) is 12.8. The lowest BCUT2D eigenvalue weighted by atomic mass is 10.3. The zero-order valence-electron chi connectivity index (χ0n) is 12.8. The first kappa shape index (κ1) is 15.5. The Hall–Kier alpha value is -2.90. The quantitative estimate of drug-likeness (QED) is 0.870. The van der Waals surface area contributed by atoms with Crippen LogP contribution in [-0.4, -0.2) is 35.1 Å². The molecule has 0 aromatic carbocycles. The first-order valence-corrected chi connectivity index (χ1v) is 6.50. The summed E-state index contributed by atoms with van der Waals surface area (Å²) < 4.78 is 10.3. The number of aryl methyl sites for hydroxylation is 1. The Morgan fingerprint density at radius 2 is 1.91 bits per heavy atom. The van der Waals surface area contributed by atoms with Crippen LogP contribution in [0, 0.1) is 6.92 Å². The predicted molar refractivity (Wildman–Crippen MR) is 81.7 cm³/mol. The number of nitrogens with zero attached hydrogens (tertiary/aromatic N) is 3. The van der Waals surface area contributed by atoms with Crippen molar-refractivity contribution in [3.05, 3.63) is 24.0 Å². The normalized spacial score (nSPS) is 10.0. The predicted octanol–water partition coefficient (Wildman–Crippen LogP) is 1.90. The monoisotopic (exact) mass is 303 g/mol. The van der Waals surface area contributed by atoms with Crippen molar-refractivity contribution in [2.45, 2.75) is 13.8 Å². The van der Waals surface area contributed by atoms with Crippen LogP contribution in [0.25, 0.3) is 0 Å². The first-order chi connectivity index (χ1) is 10.5. The fourth-order valence-electron chi connectivity index (χ4n) is 1.79. The van der Waals surface area contributed by atoms with Gasteiger partial charge in [-0.2, -0.15) is 4.98 Å². The Bertz CT molecular complexity index is 690. The highest BCUT2D eigenvalue weighted by Crippen LogP contribution is 2.29. The van der Waals surface area contributed by atoms with Crippen molar-refractivity contribution >= 4 is 23.2 Å². The number of anilines is 3. The lowest BCUT2D eigenvalue weighted by molar-refractivity contribution is -0.114. The number of aromatic nitrogens is 3. The van der Waals surface area contributed by atoms with Crippen LogP contribution in [-0.2, 0) is 4.79 Å². The number of methoxy groups -OCH3 is 2. The molecule has 2 rings (SSSR count). The number of ether oxygens (including phenoxy) is 2. The van der Waals surface area contributed by atoms with Crippen molar-refractivity contribution in [3.63, 3.8) is 0 Å². The van der Waals surface area contributed by atoms with Gasteiger partial charge in [0.2, 0.25) is 5.91 Å². The molecule has 0 aliphatic rings. The summed E-state index contributed by atoms with van der Waals surface area (Å²) in [5.41, 5.74) is 1.37. The molecule has 116 valence electrons. The van der Waals surface area contributed by atoms with E-state index in [4.69, 9.17) is 9.47 Å². The summed E-state index contributed by atoms with van der Waals surface area (Å²) in [6.07, 6.45) is 1.51. The molecule has 0 aliphatic heterocycles. The molecule has 2 heterocycles. The average Bonchev–Trinajstić information content (AvgIpc) is 2.46. The fraction of sp³-hybridized carbons (Fsp3) is 0.286. The number of carbonyl (C=O) groups is 1. The second kappa shape index (κ2) is 6.70. The second-order valence-electron chi connectivity index (χ2n) is 4.46. The van der Waals surface area contributed by atoms with E-state index >= 15 is 0 Å². The van der Waals surface area contributed by atoms with Gasteiger partial charge in [0.25, 0.3) is 0 Å². The minimum absolute atomic E-state index is 0.205. The third-order valence-corrected chi connectivity index (χ3v) is 2.67. The summed E-state index contributed by atoms with van der Waals surface area (Å²) in [6.45, 7) is 3.25. The molecule has 0 spiro atoms. The Morgan fingerprint density at radius 1 is 1.14 bits per heavy atom. The molecule has 0 saturated carbocycles. The van der Waals surface area contributed by atoms with Gasteiger partial charge in [-0.1, -0.05) is 0 Å². The highest BCUT2D eigenvalue weighted by atomic mass is 16.5. The molecule has 1 amide bonds. The molecule has 0 aliphatic carbocycles. The van der Waals surface area contributed by atoms with Crippen LogP contribution in [0.2, 0.25) is 0 Å². The van der Waals surface area contributed by atoms with Gasteiger partial charge in [0, 0.05) is 24.8 Å². The molecule has 0 radical (unpaired) electrons. The van der Waals surface area contributed by atoms with Crippen LogP contribution >= 0.6 is 0 Å². The average molecular weight is 303 g/mol. The van der Waals surface area contributed by atoms with Crippen LogP contribution in [0.1, 0.15) is 12.6 Å². The van der Waals surface area contributed by atoms with Gasteiger partial charge >= 0.3 is 6.01 Å². The van der Waals surface area contributed by atoms with E-state index in [2.05, 4.69) is 25.6 Å². The van der Waals surface area contributed by atoms with E-state index in [1.54, 1.807) is 12.1 Å². The van der Waals surface area contributed by atoms with Gasteiger partial charge < -0.3 is 20.1 Å². The summed E-state index contributed by atoms with van der Waals surface area (Å²) in [7, 11) is 3.03. The molecule has 22 heavy (non-hydrogen) atoms. The van der Waals surface area contributed by atoms with Crippen LogP contribution in [0.4, 0.5) is 17.3 Å². The molecular weight excluding hydrogens is 286 g/mol. The van der Waals surface area contributed by atoms with Crippen LogP contribution in [0.3, 0.4) is 0 Å². The molecule has 8 nitrogen and oxygen atoms in total. The van der Waals surface area contributed by atoms with E-state index in [9.17, 15) is 4.79 Å². The molecule has 2 aromatic rings. The molecule has 2 N–H and O–H groups in total. The van der Waals surface area contributed by atoms with Gasteiger partial charge in [-0.25, -0.2) is 9.97 Å². The summed E-state index contributed by atoms with van der Waals surface area (Å²) >= 11 is 0. The van der Waals surface area contributed by atoms with Crippen molar-refractivity contribution in [1.29, 1.82) is 0 Å². The second-order valence-corrected chi connectivity index (χ2v) is 4.46. The summed E-state index contributed by atoms with van der Waals surface area (Å²) in [5, 5.41) is 5.72. The van der Waals surface area contributed by atoms with E-state index in [0.717, 1.165) is 5.69 Å². The van der Waals surface area contributed by atoms with E-state index in [-0.39, 0.29) is 11.9 Å². The molecule has 0 atom stereocenters. The summed E-state index contributed by atoms with van der Waals surface area (Å²) in [5.74, 6) is 1.27. The summed E-state index contributed by atoms with van der Waals surface area (Å²) in [6, 6.07) is 3.68. The van der Waals surface area contributed by atoms with Crippen LogP contribution in [0.15, 0.2) is 18.3 Å². The van der Waals surface area contributed by atoms with Crippen molar-refractivity contribution in [1.82, 2.24) is 15.0 Å². The molecule has 0 bridgehead atoms. The maximum absolute atomic E-state index is 11.1. The molecule has 8 heteroatoms. The van der Waals surface area contributed by atoms with Gasteiger partial charge in [-0.3, -0.25) is 4.79 Å². The highest BCUT2D eigenvalue weighted by molar-refractivity contribution is 5.88. The molecular formula is C14H17N5O3. The first-order valence-electron chi connectivity index (χ1n) is 6.50. The fourth-order valence-corrected chi connectivity index (χ4v) is 1.79. The van der Waals surface area contributed by atoms with Crippen molar-refractivity contribution in [2.24, 2.45) is 0 Å². The molecule has 0 unspecified atom stereocenters. The molecule has 2 aromatic heterocycles. The molecule has 0 saturated heterocycles. The van der Waals surface area contributed by atoms with Gasteiger partial charge in [-0.15, -0.1) is 0 Å². The van der Waals surface area contributed by atoms with Gasteiger partial charge in [0.1, 0.15) is 11.6 Å². The number of nitrogens with one attached hydrogen (secondary N) is 2. The third kappa shape index (κ3) is 3.81. The van der Waals surface area contributed by atoms with Crippen molar-refractivity contribution in [2.75, 3.05) is 24.9 Å². The Labute approximate surface area is 127 Å². The van der Waals surface area contributed by atoms with Crippen molar-refractivity contribution in [3.8, 4) is 11.8 Å². The van der Waals surface area contributed by atoms with E-state index in [0.29, 0.717) is 23.1 Å². The van der Waals surface area contributed by atoms with E-state index < -0.39 is 0 Å². The van der Waals surface area contributed by atoms with Gasteiger partial charge in [-0.05, 0) is 6.92 Å². The largest absolute Gasteiger partial charge is 0.493 e. The van der Waals surface area contributed by atoms with E-state index in [1.165, 1.54) is 27.3 Å². The number of hydrogen-bond acceptors (Lipinski definition) is 7.